The van der Waals surface area contributed by atoms with Crippen LogP contribution in [0.15, 0.2) is 35.5 Å². The molecule has 6 amide bonds. The van der Waals surface area contributed by atoms with Crippen molar-refractivity contribution >= 4 is 57.4 Å². The van der Waals surface area contributed by atoms with E-state index < -0.39 is 11.8 Å². The number of carbonyl (C=O) groups excluding carboxylic acids is 6. The van der Waals surface area contributed by atoms with Crippen molar-refractivity contribution in [2.24, 2.45) is 0 Å². The van der Waals surface area contributed by atoms with E-state index in [0.717, 1.165) is 30.6 Å². The number of amides is 6. The van der Waals surface area contributed by atoms with Crippen LogP contribution in [0.3, 0.4) is 0 Å². The molecule has 4 bridgehead atoms. The van der Waals surface area contributed by atoms with Crippen LogP contribution in [0.2, 0.25) is 0 Å². The Hall–Kier alpha value is -2.66. The summed E-state index contributed by atoms with van der Waals surface area (Å²) in [5.74, 6) is -2.21. The average Bonchev–Trinajstić information content (AvgIpc) is 3.14. The maximum atomic E-state index is 11.8. The molecule has 25 heavy (non-hydrogen) atoms. The standard InChI is InChI=1S/C10H6N2O4S2.C4H3NO2/c13-7-3-5-1-2-6-4-8(14)12(10(6)16)18-17-11(7)9(5)15;6-3-1-2-4(7)5-3/h3-4H,1-2H2;1-2H,(H,5,6,7). The summed E-state index contributed by atoms with van der Waals surface area (Å²) in [5.41, 5.74) is 0.768. The number of fused-ring (bicyclic) bond motifs is 4. The van der Waals surface area contributed by atoms with Gasteiger partial charge in [-0.15, -0.1) is 0 Å². The van der Waals surface area contributed by atoms with Crippen LogP contribution in [0.4, 0.5) is 0 Å². The van der Waals surface area contributed by atoms with Crippen LogP contribution in [-0.2, 0) is 28.8 Å². The molecule has 9 nitrogen and oxygen atoms in total. The molecule has 1 N–H and O–H groups in total. The predicted octanol–water partition coefficient (Wildman–Crippen LogP) is -0.219. The summed E-state index contributed by atoms with van der Waals surface area (Å²) in [6, 6.07) is 0. The van der Waals surface area contributed by atoms with Gasteiger partial charge in [0.1, 0.15) is 0 Å². The molecule has 0 saturated carbocycles. The quantitative estimate of drug-likeness (QED) is 0.348. The molecule has 0 aromatic rings. The van der Waals surface area contributed by atoms with Crippen molar-refractivity contribution in [1.29, 1.82) is 0 Å². The fraction of sp³-hybridized carbons (Fsp3) is 0.143. The smallest absolute Gasteiger partial charge is 0.267 e. The molecule has 4 rings (SSSR count). The van der Waals surface area contributed by atoms with Crippen LogP contribution in [-0.4, -0.2) is 44.1 Å². The minimum atomic E-state index is -0.416. The van der Waals surface area contributed by atoms with Crippen molar-refractivity contribution in [3.63, 3.8) is 0 Å². The summed E-state index contributed by atoms with van der Waals surface area (Å²) in [5, 5.41) is 2.03. The molecule has 0 spiro atoms. The zero-order chi connectivity index (χ0) is 18.1. The van der Waals surface area contributed by atoms with Gasteiger partial charge in [-0.25, -0.2) is 8.61 Å². The highest BCUT2D eigenvalue weighted by Gasteiger charge is 2.38. The first-order chi connectivity index (χ1) is 11.9. The third kappa shape index (κ3) is 3.42. The minimum absolute atomic E-state index is 0.297. The molecule has 0 aromatic heterocycles. The lowest BCUT2D eigenvalue weighted by molar-refractivity contribution is -0.132. The fourth-order valence-corrected chi connectivity index (χ4v) is 4.19. The van der Waals surface area contributed by atoms with E-state index in [-0.39, 0.29) is 23.6 Å². The highest BCUT2D eigenvalue weighted by molar-refractivity contribution is 8.75. The van der Waals surface area contributed by atoms with Gasteiger partial charge < -0.3 is 0 Å². The first-order valence-corrected chi connectivity index (χ1v) is 8.99. The molecule has 0 aliphatic carbocycles. The van der Waals surface area contributed by atoms with Crippen LogP contribution in [0.25, 0.3) is 0 Å². The van der Waals surface area contributed by atoms with E-state index in [1.54, 1.807) is 0 Å². The molecule has 1 saturated heterocycles. The monoisotopic (exact) mass is 379 g/mol. The SMILES string of the molecule is O=C1C=C2CCC3=CC(=O)N(SSN1C2=O)C3=O.O=C1C=CC(=O)N1. The van der Waals surface area contributed by atoms with E-state index in [0.29, 0.717) is 24.0 Å². The summed E-state index contributed by atoms with van der Waals surface area (Å²) in [7, 11) is 1.59. The maximum Gasteiger partial charge on any atom is 0.267 e. The first kappa shape index (κ1) is 17.2. The lowest BCUT2D eigenvalue weighted by Gasteiger charge is -2.18. The van der Waals surface area contributed by atoms with E-state index in [4.69, 9.17) is 0 Å². The summed E-state index contributed by atoms with van der Waals surface area (Å²) in [6.07, 6.45) is 5.56. The molecule has 0 atom stereocenters. The minimum Gasteiger partial charge on any atom is -0.289 e. The Bertz CT molecular complexity index is 762. The largest absolute Gasteiger partial charge is 0.289 e. The van der Waals surface area contributed by atoms with E-state index in [1.807, 2.05) is 5.32 Å². The Labute approximate surface area is 148 Å². The molecule has 0 unspecified atom stereocenters. The Balaban J connectivity index is 0.000000219. The Morgan fingerprint density at radius 2 is 1.12 bits per heavy atom. The number of hydrogen-bond donors (Lipinski definition) is 1. The van der Waals surface area contributed by atoms with Gasteiger partial charge in [-0.1, -0.05) is 0 Å². The van der Waals surface area contributed by atoms with Crippen LogP contribution in [0.1, 0.15) is 12.8 Å². The molecule has 4 heterocycles. The Morgan fingerprint density at radius 3 is 1.44 bits per heavy atom. The third-order valence-electron chi connectivity index (χ3n) is 3.39. The highest BCUT2D eigenvalue weighted by Crippen LogP contribution is 2.39. The van der Waals surface area contributed by atoms with Gasteiger partial charge in [-0.3, -0.25) is 34.1 Å². The van der Waals surface area contributed by atoms with E-state index >= 15 is 0 Å². The molecule has 4 aliphatic heterocycles. The van der Waals surface area contributed by atoms with Crippen molar-refractivity contribution in [3.8, 4) is 0 Å². The average molecular weight is 379 g/mol. The second-order valence-electron chi connectivity index (χ2n) is 5.05. The van der Waals surface area contributed by atoms with Crippen molar-refractivity contribution in [2.75, 3.05) is 0 Å². The molecule has 1 fully saturated rings. The van der Waals surface area contributed by atoms with Crippen molar-refractivity contribution in [1.82, 2.24) is 13.9 Å². The predicted molar refractivity (Wildman–Crippen MR) is 86.6 cm³/mol. The Morgan fingerprint density at radius 1 is 0.720 bits per heavy atom. The molecular weight excluding hydrogens is 370 g/mol. The van der Waals surface area contributed by atoms with Gasteiger partial charge in [0.2, 0.25) is 0 Å². The molecule has 11 heteroatoms. The zero-order valence-electron chi connectivity index (χ0n) is 12.4. The van der Waals surface area contributed by atoms with Crippen LogP contribution in [0, 0.1) is 0 Å². The van der Waals surface area contributed by atoms with Gasteiger partial charge in [0.15, 0.2) is 0 Å². The van der Waals surface area contributed by atoms with Crippen molar-refractivity contribution in [3.05, 3.63) is 35.5 Å². The van der Waals surface area contributed by atoms with Gasteiger partial charge >= 0.3 is 0 Å². The normalized spacial score (nSPS) is 21.9. The van der Waals surface area contributed by atoms with Crippen LogP contribution in [0.5, 0.6) is 0 Å². The lowest BCUT2D eigenvalue weighted by Crippen LogP contribution is -2.28. The van der Waals surface area contributed by atoms with Crippen molar-refractivity contribution < 1.29 is 28.8 Å². The second kappa shape index (κ2) is 6.69. The number of carbonyl (C=O) groups is 6. The van der Waals surface area contributed by atoms with Gasteiger partial charge in [0.25, 0.3) is 35.4 Å². The number of nitrogens with zero attached hydrogens (tertiary/aromatic N) is 2. The van der Waals surface area contributed by atoms with E-state index in [9.17, 15) is 28.8 Å². The second-order valence-corrected chi connectivity index (χ2v) is 6.97. The molecule has 0 radical (unpaired) electrons. The summed E-state index contributed by atoms with van der Waals surface area (Å²) < 4.78 is 1.92. The summed E-state index contributed by atoms with van der Waals surface area (Å²) in [6.45, 7) is 0. The van der Waals surface area contributed by atoms with Gasteiger partial charge in [-0.2, -0.15) is 0 Å². The summed E-state index contributed by atoms with van der Waals surface area (Å²) >= 11 is 0. The topological polar surface area (TPSA) is 121 Å². The number of imide groups is 3. The van der Waals surface area contributed by atoms with Crippen LogP contribution >= 0.6 is 22.0 Å². The number of nitrogens with one attached hydrogen (secondary N) is 1. The zero-order valence-corrected chi connectivity index (χ0v) is 14.0. The fourth-order valence-electron chi connectivity index (χ4n) is 2.19. The van der Waals surface area contributed by atoms with Gasteiger partial charge in [0.05, 0.1) is 22.0 Å². The summed E-state index contributed by atoms with van der Waals surface area (Å²) in [4.78, 5) is 66.8. The molecule has 128 valence electrons. The number of rotatable bonds is 0. The van der Waals surface area contributed by atoms with Gasteiger partial charge in [-0.05, 0) is 12.8 Å². The highest BCUT2D eigenvalue weighted by atomic mass is 33.1. The molecular formula is C14H9N3O6S2. The van der Waals surface area contributed by atoms with E-state index in [2.05, 4.69) is 0 Å². The van der Waals surface area contributed by atoms with E-state index in [1.165, 1.54) is 24.3 Å². The first-order valence-electron chi connectivity index (χ1n) is 6.92. The maximum absolute atomic E-state index is 11.8. The van der Waals surface area contributed by atoms with Crippen LogP contribution < -0.4 is 5.32 Å². The van der Waals surface area contributed by atoms with Crippen molar-refractivity contribution in [2.45, 2.75) is 12.8 Å². The Kier molecular flexibility index (Phi) is 4.59. The third-order valence-corrected chi connectivity index (χ3v) is 5.54. The molecule has 0 aromatic carbocycles. The van der Waals surface area contributed by atoms with Gasteiger partial charge in [0, 0.05) is 35.5 Å². The lowest BCUT2D eigenvalue weighted by atomic mass is 10.1. The number of hydrogen-bond acceptors (Lipinski definition) is 8. The molecule has 4 aliphatic rings.